The largest absolute Gasteiger partial charge is 0.421 e. The first-order valence-electron chi connectivity index (χ1n) is 5.88. The molecular formula is C15H14ClNO2. The standard InChI is InChI=1S/C15H14ClNO2/c1-9-6-12(7-10(2)11(9)3)15(18)19-14-4-5-17-8-13(14)16/h4-8H,1-3H3. The molecule has 98 valence electrons. The van der Waals surface area contributed by atoms with E-state index in [9.17, 15) is 4.79 Å². The molecule has 0 saturated carbocycles. The molecule has 0 aliphatic heterocycles. The SMILES string of the molecule is Cc1cc(C(=O)Oc2ccncc2Cl)cc(C)c1C. The van der Waals surface area contributed by atoms with Crippen LogP contribution in [0.1, 0.15) is 27.0 Å². The summed E-state index contributed by atoms with van der Waals surface area (Å²) in [7, 11) is 0. The minimum Gasteiger partial charge on any atom is -0.421 e. The molecule has 0 atom stereocenters. The van der Waals surface area contributed by atoms with E-state index >= 15 is 0 Å². The number of pyridine rings is 1. The van der Waals surface area contributed by atoms with Crippen molar-refractivity contribution in [1.29, 1.82) is 0 Å². The maximum Gasteiger partial charge on any atom is 0.343 e. The fourth-order valence-corrected chi connectivity index (χ4v) is 1.92. The zero-order valence-electron chi connectivity index (χ0n) is 11.0. The van der Waals surface area contributed by atoms with E-state index in [1.807, 2.05) is 32.9 Å². The summed E-state index contributed by atoms with van der Waals surface area (Å²) in [4.78, 5) is 15.9. The van der Waals surface area contributed by atoms with Gasteiger partial charge in [-0.15, -0.1) is 0 Å². The number of aryl methyl sites for hydroxylation is 2. The maximum absolute atomic E-state index is 12.1. The molecule has 2 aromatic rings. The van der Waals surface area contributed by atoms with E-state index in [2.05, 4.69) is 4.98 Å². The first-order valence-corrected chi connectivity index (χ1v) is 6.26. The number of aromatic nitrogens is 1. The topological polar surface area (TPSA) is 39.2 Å². The van der Waals surface area contributed by atoms with Gasteiger partial charge in [0.05, 0.1) is 5.56 Å². The van der Waals surface area contributed by atoms with Crippen molar-refractivity contribution in [3.63, 3.8) is 0 Å². The number of halogens is 1. The zero-order chi connectivity index (χ0) is 14.0. The fraction of sp³-hybridized carbons (Fsp3) is 0.200. The van der Waals surface area contributed by atoms with Crippen LogP contribution in [0.2, 0.25) is 5.02 Å². The average Bonchev–Trinajstić information content (AvgIpc) is 2.38. The van der Waals surface area contributed by atoms with Crippen molar-refractivity contribution in [1.82, 2.24) is 4.98 Å². The number of nitrogens with zero attached hydrogens (tertiary/aromatic N) is 1. The van der Waals surface area contributed by atoms with Crippen molar-refractivity contribution in [2.75, 3.05) is 0 Å². The first-order chi connectivity index (χ1) is 8.99. The Morgan fingerprint density at radius 3 is 2.42 bits per heavy atom. The van der Waals surface area contributed by atoms with Crippen LogP contribution >= 0.6 is 11.6 Å². The third-order valence-electron chi connectivity index (χ3n) is 3.10. The molecule has 0 amide bonds. The Balaban J connectivity index is 2.28. The number of carbonyl (C=O) groups is 1. The van der Waals surface area contributed by atoms with Crippen molar-refractivity contribution in [3.8, 4) is 5.75 Å². The first kappa shape index (κ1) is 13.6. The van der Waals surface area contributed by atoms with Crippen LogP contribution in [-0.4, -0.2) is 11.0 Å². The third kappa shape index (κ3) is 2.93. The molecule has 0 spiro atoms. The second kappa shape index (κ2) is 5.41. The average molecular weight is 276 g/mol. The van der Waals surface area contributed by atoms with Crippen LogP contribution in [0.25, 0.3) is 0 Å². The van der Waals surface area contributed by atoms with Crippen LogP contribution in [-0.2, 0) is 0 Å². The zero-order valence-corrected chi connectivity index (χ0v) is 11.8. The monoisotopic (exact) mass is 275 g/mol. The van der Waals surface area contributed by atoms with E-state index in [1.165, 1.54) is 18.0 Å². The molecule has 0 N–H and O–H groups in total. The highest BCUT2D eigenvalue weighted by molar-refractivity contribution is 6.32. The van der Waals surface area contributed by atoms with Gasteiger partial charge >= 0.3 is 5.97 Å². The summed E-state index contributed by atoms with van der Waals surface area (Å²) in [5, 5.41) is 0.316. The van der Waals surface area contributed by atoms with Gasteiger partial charge in [0.25, 0.3) is 0 Å². The number of ether oxygens (including phenoxy) is 1. The molecule has 0 aliphatic rings. The van der Waals surface area contributed by atoms with E-state index < -0.39 is 5.97 Å². The van der Waals surface area contributed by atoms with Crippen LogP contribution in [0.3, 0.4) is 0 Å². The van der Waals surface area contributed by atoms with Crippen LogP contribution in [0, 0.1) is 20.8 Å². The van der Waals surface area contributed by atoms with Crippen molar-refractivity contribution in [2.45, 2.75) is 20.8 Å². The van der Waals surface area contributed by atoms with Gasteiger partial charge in [0.15, 0.2) is 5.75 Å². The van der Waals surface area contributed by atoms with Crippen LogP contribution < -0.4 is 4.74 Å². The Hall–Kier alpha value is -1.87. The minimum absolute atomic E-state index is 0.316. The molecule has 19 heavy (non-hydrogen) atoms. The van der Waals surface area contributed by atoms with Gasteiger partial charge in [0.1, 0.15) is 5.02 Å². The molecule has 0 aliphatic carbocycles. The van der Waals surface area contributed by atoms with E-state index in [0.717, 1.165) is 11.1 Å². The summed E-state index contributed by atoms with van der Waals surface area (Å²) in [6, 6.07) is 5.20. The summed E-state index contributed by atoms with van der Waals surface area (Å²) in [5.74, 6) is -0.100. The summed E-state index contributed by atoms with van der Waals surface area (Å²) < 4.78 is 5.27. The fourth-order valence-electron chi connectivity index (χ4n) is 1.76. The van der Waals surface area contributed by atoms with Crippen LogP contribution in [0.15, 0.2) is 30.6 Å². The number of carbonyl (C=O) groups excluding carboxylic acids is 1. The molecule has 0 unspecified atom stereocenters. The summed E-state index contributed by atoms with van der Waals surface area (Å²) in [5.41, 5.74) is 3.83. The van der Waals surface area contributed by atoms with E-state index in [0.29, 0.717) is 16.3 Å². The highest BCUT2D eigenvalue weighted by Crippen LogP contribution is 2.24. The van der Waals surface area contributed by atoms with Gasteiger partial charge in [0, 0.05) is 18.5 Å². The van der Waals surface area contributed by atoms with E-state index in [-0.39, 0.29) is 0 Å². The highest BCUT2D eigenvalue weighted by atomic mass is 35.5. The molecule has 2 rings (SSSR count). The quantitative estimate of drug-likeness (QED) is 0.781. The van der Waals surface area contributed by atoms with Crippen molar-refractivity contribution in [3.05, 3.63) is 57.9 Å². The molecule has 0 fully saturated rings. The van der Waals surface area contributed by atoms with Gasteiger partial charge in [-0.25, -0.2) is 4.79 Å². The lowest BCUT2D eigenvalue weighted by Crippen LogP contribution is -2.10. The van der Waals surface area contributed by atoms with E-state index in [4.69, 9.17) is 16.3 Å². The molecule has 1 aromatic heterocycles. The molecule has 0 radical (unpaired) electrons. The summed E-state index contributed by atoms with van der Waals surface area (Å²) >= 11 is 5.90. The number of esters is 1. The van der Waals surface area contributed by atoms with E-state index in [1.54, 1.807) is 6.07 Å². The number of benzene rings is 1. The van der Waals surface area contributed by atoms with Gasteiger partial charge in [-0.2, -0.15) is 0 Å². The van der Waals surface area contributed by atoms with Gasteiger partial charge in [-0.3, -0.25) is 4.98 Å². The number of rotatable bonds is 2. The van der Waals surface area contributed by atoms with Gasteiger partial charge in [-0.05, 0) is 49.6 Å². The van der Waals surface area contributed by atoms with Gasteiger partial charge < -0.3 is 4.74 Å². The Bertz CT molecular complexity index is 615. The predicted molar refractivity (Wildman–Crippen MR) is 74.9 cm³/mol. The lowest BCUT2D eigenvalue weighted by atomic mass is 10.0. The molecule has 1 aromatic carbocycles. The molecule has 0 saturated heterocycles. The molecular weight excluding hydrogens is 262 g/mol. The second-order valence-electron chi connectivity index (χ2n) is 4.43. The van der Waals surface area contributed by atoms with Crippen molar-refractivity contribution < 1.29 is 9.53 Å². The smallest absolute Gasteiger partial charge is 0.343 e. The Morgan fingerprint density at radius 2 is 1.84 bits per heavy atom. The number of hydrogen-bond donors (Lipinski definition) is 0. The van der Waals surface area contributed by atoms with Crippen molar-refractivity contribution >= 4 is 17.6 Å². The second-order valence-corrected chi connectivity index (χ2v) is 4.84. The van der Waals surface area contributed by atoms with Gasteiger partial charge in [-0.1, -0.05) is 11.6 Å². The summed E-state index contributed by atoms with van der Waals surface area (Å²) in [6.07, 6.45) is 2.97. The lowest BCUT2D eigenvalue weighted by molar-refractivity contribution is 0.0734. The molecule has 3 nitrogen and oxygen atoms in total. The predicted octanol–water partition coefficient (Wildman–Crippen LogP) is 3.88. The molecule has 4 heteroatoms. The third-order valence-corrected chi connectivity index (χ3v) is 3.38. The lowest BCUT2D eigenvalue weighted by Gasteiger charge is -2.09. The molecule has 0 bridgehead atoms. The molecule has 1 heterocycles. The normalized spacial score (nSPS) is 10.3. The van der Waals surface area contributed by atoms with Crippen LogP contribution in [0.4, 0.5) is 0 Å². The van der Waals surface area contributed by atoms with Crippen molar-refractivity contribution in [2.24, 2.45) is 0 Å². The minimum atomic E-state index is -0.417. The number of hydrogen-bond acceptors (Lipinski definition) is 3. The van der Waals surface area contributed by atoms with Crippen LogP contribution in [0.5, 0.6) is 5.75 Å². The maximum atomic E-state index is 12.1. The highest BCUT2D eigenvalue weighted by Gasteiger charge is 2.13. The Kier molecular flexibility index (Phi) is 3.86. The van der Waals surface area contributed by atoms with Gasteiger partial charge in [0.2, 0.25) is 0 Å². The Labute approximate surface area is 117 Å². The summed E-state index contributed by atoms with van der Waals surface area (Å²) in [6.45, 7) is 5.97. The Morgan fingerprint density at radius 1 is 1.21 bits per heavy atom.